The predicted octanol–water partition coefficient (Wildman–Crippen LogP) is 0.134. The third kappa shape index (κ3) is 4.41. The molecule has 0 radical (unpaired) electrons. The maximum Gasteiger partial charge on any atom is 0.308 e. The van der Waals surface area contributed by atoms with E-state index in [9.17, 15) is 19.5 Å². The lowest BCUT2D eigenvalue weighted by atomic mass is 9.76. The van der Waals surface area contributed by atoms with Crippen LogP contribution in [-0.2, 0) is 9.59 Å². The zero-order valence-corrected chi connectivity index (χ0v) is 12.5. The van der Waals surface area contributed by atoms with Gasteiger partial charge in [0.15, 0.2) is 5.69 Å². The summed E-state index contributed by atoms with van der Waals surface area (Å²) in [6.45, 7) is -0.268. The van der Waals surface area contributed by atoms with Crippen LogP contribution in [0.5, 0.6) is 5.75 Å². The van der Waals surface area contributed by atoms with E-state index in [1.165, 1.54) is 18.3 Å². The van der Waals surface area contributed by atoms with Crippen LogP contribution < -0.4 is 10.6 Å². The number of carboxylic acid groups (broad SMARTS) is 1. The van der Waals surface area contributed by atoms with Gasteiger partial charge in [-0.1, -0.05) is 6.42 Å². The first-order chi connectivity index (χ1) is 11.0. The molecule has 1 aliphatic rings. The lowest BCUT2D eigenvalue weighted by Crippen LogP contribution is -2.43. The molecular weight excluding hydrogens is 302 g/mol. The Labute approximate surface area is 132 Å². The topological polar surface area (TPSA) is 129 Å². The quantitative estimate of drug-likeness (QED) is 0.565. The average Bonchev–Trinajstić information content (AvgIpc) is 2.47. The monoisotopic (exact) mass is 321 g/mol. The van der Waals surface area contributed by atoms with Crippen molar-refractivity contribution < 1.29 is 24.6 Å². The Morgan fingerprint density at radius 1 is 1.30 bits per heavy atom. The van der Waals surface area contributed by atoms with E-state index in [2.05, 4.69) is 15.6 Å². The van der Waals surface area contributed by atoms with Gasteiger partial charge in [-0.25, -0.2) is 4.98 Å². The molecule has 8 heteroatoms. The van der Waals surface area contributed by atoms with E-state index < -0.39 is 23.7 Å². The molecule has 1 fully saturated rings. The average molecular weight is 321 g/mol. The molecular formula is C15H19N3O5. The van der Waals surface area contributed by atoms with Crippen LogP contribution in [0, 0.1) is 11.8 Å². The Kier molecular flexibility index (Phi) is 5.51. The molecule has 1 heterocycles. The highest BCUT2D eigenvalue weighted by molar-refractivity contribution is 5.96. The molecule has 0 spiro atoms. The Balaban J connectivity index is 1.77. The van der Waals surface area contributed by atoms with E-state index in [1.54, 1.807) is 0 Å². The number of nitrogens with one attached hydrogen (secondary N) is 2. The number of hydrogen-bond acceptors (Lipinski definition) is 5. The summed E-state index contributed by atoms with van der Waals surface area (Å²) in [5.41, 5.74) is -0.168. The third-order valence-corrected chi connectivity index (χ3v) is 3.97. The van der Waals surface area contributed by atoms with Crippen LogP contribution >= 0.6 is 0 Å². The molecule has 0 saturated heterocycles. The second-order valence-electron chi connectivity index (χ2n) is 5.49. The van der Waals surface area contributed by atoms with E-state index in [0.717, 1.165) is 19.3 Å². The highest BCUT2D eigenvalue weighted by Gasteiger charge is 2.32. The van der Waals surface area contributed by atoms with Gasteiger partial charge in [-0.2, -0.15) is 0 Å². The zero-order chi connectivity index (χ0) is 16.8. The third-order valence-electron chi connectivity index (χ3n) is 3.97. The predicted molar refractivity (Wildman–Crippen MR) is 79.7 cm³/mol. The standard InChI is InChI=1S/C15H19N3O5/c19-11-5-2-6-16-13(11)14(21)18-8-12(20)17-7-10(15(22)23)9-3-1-4-9/h2,5-6,9-10,19H,1,3-4,7-8H2,(H,17,20)(H,18,21)(H,22,23). The summed E-state index contributed by atoms with van der Waals surface area (Å²) in [7, 11) is 0. The van der Waals surface area contributed by atoms with Crippen LogP contribution in [0.3, 0.4) is 0 Å². The lowest BCUT2D eigenvalue weighted by molar-refractivity contribution is -0.144. The number of aromatic nitrogens is 1. The second kappa shape index (κ2) is 7.57. The molecule has 1 saturated carbocycles. The number of carboxylic acids is 1. The Morgan fingerprint density at radius 2 is 2.04 bits per heavy atom. The summed E-state index contributed by atoms with van der Waals surface area (Å²) in [6.07, 6.45) is 4.10. The van der Waals surface area contributed by atoms with Crippen LogP contribution in [0.15, 0.2) is 18.3 Å². The van der Waals surface area contributed by atoms with Crippen LogP contribution in [0.1, 0.15) is 29.8 Å². The van der Waals surface area contributed by atoms with Gasteiger partial charge in [-0.15, -0.1) is 0 Å². The van der Waals surface area contributed by atoms with Crippen molar-refractivity contribution in [3.8, 4) is 5.75 Å². The summed E-state index contributed by atoms with van der Waals surface area (Å²) < 4.78 is 0. The minimum atomic E-state index is -0.919. The molecule has 2 rings (SSSR count). The van der Waals surface area contributed by atoms with E-state index in [4.69, 9.17) is 5.11 Å². The van der Waals surface area contributed by atoms with Crippen LogP contribution in [0.4, 0.5) is 0 Å². The van der Waals surface area contributed by atoms with Gasteiger partial charge in [0, 0.05) is 12.7 Å². The normalized spacial score (nSPS) is 15.3. The fraction of sp³-hybridized carbons (Fsp3) is 0.467. The minimum absolute atomic E-state index is 0.0452. The number of carbonyl (C=O) groups excluding carboxylic acids is 2. The van der Waals surface area contributed by atoms with Crippen molar-refractivity contribution in [2.45, 2.75) is 19.3 Å². The van der Waals surface area contributed by atoms with Gasteiger partial charge in [-0.05, 0) is 30.9 Å². The number of rotatable bonds is 7. The minimum Gasteiger partial charge on any atom is -0.505 e. The first kappa shape index (κ1) is 16.7. The number of pyridine rings is 1. The molecule has 8 nitrogen and oxygen atoms in total. The largest absolute Gasteiger partial charge is 0.505 e. The smallest absolute Gasteiger partial charge is 0.308 e. The van der Waals surface area contributed by atoms with Gasteiger partial charge in [0.25, 0.3) is 5.91 Å². The second-order valence-corrected chi connectivity index (χ2v) is 5.49. The van der Waals surface area contributed by atoms with Gasteiger partial charge in [0.05, 0.1) is 12.5 Å². The molecule has 1 atom stereocenters. The summed E-state index contributed by atoms with van der Waals surface area (Å²) in [5, 5.41) is 23.5. The summed E-state index contributed by atoms with van der Waals surface area (Å²) in [6, 6.07) is 2.80. The number of carbonyl (C=O) groups is 3. The van der Waals surface area contributed by atoms with Gasteiger partial charge in [-0.3, -0.25) is 14.4 Å². The molecule has 0 aliphatic heterocycles. The van der Waals surface area contributed by atoms with Crippen molar-refractivity contribution in [1.82, 2.24) is 15.6 Å². The van der Waals surface area contributed by atoms with Crippen LogP contribution in [-0.4, -0.2) is 46.1 Å². The highest BCUT2D eigenvalue weighted by Crippen LogP contribution is 2.33. The molecule has 1 aliphatic carbocycles. The summed E-state index contributed by atoms with van der Waals surface area (Å²) in [5.74, 6) is -2.85. The number of aliphatic carboxylic acids is 1. The van der Waals surface area contributed by atoms with Crippen molar-refractivity contribution in [3.05, 3.63) is 24.0 Å². The molecule has 124 valence electrons. The van der Waals surface area contributed by atoms with E-state index in [0.29, 0.717) is 0 Å². The fourth-order valence-electron chi connectivity index (χ4n) is 2.40. The SMILES string of the molecule is O=C(CNC(=O)c1ncccc1O)NCC(C(=O)O)C1CCC1. The molecule has 0 aromatic carbocycles. The summed E-state index contributed by atoms with van der Waals surface area (Å²) in [4.78, 5) is 38.4. The van der Waals surface area contributed by atoms with E-state index >= 15 is 0 Å². The Bertz CT molecular complexity index is 601. The molecule has 4 N–H and O–H groups in total. The van der Waals surface area contributed by atoms with Gasteiger partial charge >= 0.3 is 5.97 Å². The number of nitrogens with zero attached hydrogens (tertiary/aromatic N) is 1. The van der Waals surface area contributed by atoms with Gasteiger partial charge in [0.1, 0.15) is 5.75 Å². The Hall–Kier alpha value is -2.64. The van der Waals surface area contributed by atoms with E-state index in [1.807, 2.05) is 0 Å². The lowest BCUT2D eigenvalue weighted by Gasteiger charge is -2.31. The van der Waals surface area contributed by atoms with Crippen LogP contribution in [0.25, 0.3) is 0 Å². The first-order valence-corrected chi connectivity index (χ1v) is 7.40. The van der Waals surface area contributed by atoms with Crippen molar-refractivity contribution in [2.75, 3.05) is 13.1 Å². The maximum atomic E-state index is 11.8. The van der Waals surface area contributed by atoms with Crippen molar-refractivity contribution in [1.29, 1.82) is 0 Å². The maximum absolute atomic E-state index is 11.8. The van der Waals surface area contributed by atoms with Gasteiger partial charge in [0.2, 0.25) is 5.91 Å². The molecule has 1 aromatic rings. The highest BCUT2D eigenvalue weighted by atomic mass is 16.4. The van der Waals surface area contributed by atoms with Crippen molar-refractivity contribution in [2.24, 2.45) is 11.8 Å². The number of hydrogen-bond donors (Lipinski definition) is 4. The van der Waals surface area contributed by atoms with Crippen molar-refractivity contribution >= 4 is 17.8 Å². The molecule has 2 amide bonds. The number of aromatic hydroxyl groups is 1. The Morgan fingerprint density at radius 3 is 2.61 bits per heavy atom. The van der Waals surface area contributed by atoms with Gasteiger partial charge < -0.3 is 20.8 Å². The fourth-order valence-corrected chi connectivity index (χ4v) is 2.40. The number of amides is 2. The first-order valence-electron chi connectivity index (χ1n) is 7.40. The van der Waals surface area contributed by atoms with E-state index in [-0.39, 0.29) is 30.5 Å². The summed E-state index contributed by atoms with van der Waals surface area (Å²) >= 11 is 0. The molecule has 1 aromatic heterocycles. The zero-order valence-electron chi connectivity index (χ0n) is 12.5. The molecule has 0 bridgehead atoms. The van der Waals surface area contributed by atoms with Crippen molar-refractivity contribution in [3.63, 3.8) is 0 Å². The molecule has 23 heavy (non-hydrogen) atoms. The van der Waals surface area contributed by atoms with Crippen LogP contribution in [0.2, 0.25) is 0 Å². The molecule has 1 unspecified atom stereocenters.